The number of rotatable bonds is 3. The lowest BCUT2D eigenvalue weighted by molar-refractivity contribution is -0.112. The lowest BCUT2D eigenvalue weighted by Gasteiger charge is -1.97. The van der Waals surface area contributed by atoms with Gasteiger partial charge in [0.05, 0.1) is 0 Å². The van der Waals surface area contributed by atoms with Gasteiger partial charge in [0.2, 0.25) is 0 Å². The van der Waals surface area contributed by atoms with E-state index in [0.717, 1.165) is 5.56 Å². The number of thiol groups is 1. The molecule has 1 unspecified atom stereocenters. The number of hydrogen-bond donors (Lipinski definition) is 1. The highest BCUT2D eigenvalue weighted by atomic mass is 32.1. The van der Waals surface area contributed by atoms with E-state index in [1.54, 1.807) is 0 Å². The zero-order chi connectivity index (χ0) is 9.68. The Balaban J connectivity index is 2.64. The molecule has 0 aromatic heterocycles. The molecule has 1 aromatic carbocycles. The maximum Gasteiger partial charge on any atom is 0.192 e. The Kier molecular flexibility index (Phi) is 3.77. The van der Waals surface area contributed by atoms with Crippen LogP contribution in [0.15, 0.2) is 36.4 Å². The quantitative estimate of drug-likeness (QED) is 0.729. The van der Waals surface area contributed by atoms with Crippen molar-refractivity contribution in [3.63, 3.8) is 0 Å². The minimum atomic E-state index is -0.122. The lowest BCUT2D eigenvalue weighted by atomic mass is 10.1. The number of benzene rings is 1. The highest BCUT2D eigenvalue weighted by molar-refractivity contribution is 7.96. The van der Waals surface area contributed by atoms with Gasteiger partial charge >= 0.3 is 0 Å². The molecule has 1 aromatic rings. The first-order valence-corrected chi connectivity index (χ1v) is 4.61. The number of allylic oxidation sites excluding steroid dienone is 1. The van der Waals surface area contributed by atoms with Gasteiger partial charge in [-0.25, -0.2) is 0 Å². The van der Waals surface area contributed by atoms with Crippen LogP contribution in [0.5, 0.6) is 0 Å². The van der Waals surface area contributed by atoms with Crippen molar-refractivity contribution in [3.05, 3.63) is 42.0 Å². The van der Waals surface area contributed by atoms with E-state index >= 15 is 0 Å². The predicted octanol–water partition coefficient (Wildman–Crippen LogP) is 2.79. The van der Waals surface area contributed by atoms with E-state index in [1.807, 2.05) is 49.4 Å². The van der Waals surface area contributed by atoms with Crippen molar-refractivity contribution in [3.8, 4) is 0 Å². The Morgan fingerprint density at radius 3 is 2.54 bits per heavy atom. The maximum atomic E-state index is 10.8. The van der Waals surface area contributed by atoms with E-state index in [0.29, 0.717) is 0 Å². The summed E-state index contributed by atoms with van der Waals surface area (Å²) < 4.78 is 0. The molecule has 1 nitrogen and oxygen atoms in total. The zero-order valence-corrected chi connectivity index (χ0v) is 8.37. The third-order valence-electron chi connectivity index (χ3n) is 1.77. The molecule has 0 radical (unpaired) electrons. The Hall–Kier alpha value is -1.02. The fraction of sp³-hybridized carbons (Fsp3) is 0.182. The van der Waals surface area contributed by atoms with Crippen molar-refractivity contribution >= 4 is 23.8 Å². The molecule has 0 saturated carbocycles. The summed E-state index contributed by atoms with van der Waals surface area (Å²) in [5, 5.41) is -0.104. The fourth-order valence-corrected chi connectivity index (χ4v) is 0.988. The molecule has 0 saturated heterocycles. The Bertz CT molecular complexity index is 303. The van der Waals surface area contributed by atoms with Gasteiger partial charge in [-0.1, -0.05) is 49.4 Å². The molecule has 0 N–H and O–H groups in total. The molecule has 0 aliphatic heterocycles. The Morgan fingerprint density at radius 2 is 2.00 bits per heavy atom. The van der Waals surface area contributed by atoms with Gasteiger partial charge < -0.3 is 0 Å². The minimum absolute atomic E-state index is 0.104. The lowest BCUT2D eigenvalue weighted by Crippen LogP contribution is -1.98. The van der Waals surface area contributed by atoms with Gasteiger partial charge in [-0.15, -0.1) is 12.6 Å². The first kappa shape index (κ1) is 10.1. The van der Waals surface area contributed by atoms with Crippen LogP contribution in [0, 0.1) is 5.92 Å². The topological polar surface area (TPSA) is 17.1 Å². The highest BCUT2D eigenvalue weighted by Crippen LogP contribution is 2.07. The summed E-state index contributed by atoms with van der Waals surface area (Å²) in [5.41, 5.74) is 1.10. The number of carbonyl (C=O) groups is 1. The average Bonchev–Trinajstić information content (AvgIpc) is 2.15. The van der Waals surface area contributed by atoms with E-state index in [1.165, 1.54) is 0 Å². The van der Waals surface area contributed by atoms with Crippen LogP contribution < -0.4 is 0 Å². The second-order valence-corrected chi connectivity index (χ2v) is 3.34. The van der Waals surface area contributed by atoms with Gasteiger partial charge in [-0.2, -0.15) is 0 Å². The van der Waals surface area contributed by atoms with Crippen LogP contribution in [-0.4, -0.2) is 5.12 Å². The molecule has 1 rings (SSSR count). The molecule has 0 aliphatic rings. The molecular weight excluding hydrogens is 180 g/mol. The molecule has 2 heteroatoms. The Morgan fingerprint density at radius 1 is 1.38 bits per heavy atom. The normalized spacial score (nSPS) is 13.1. The van der Waals surface area contributed by atoms with Crippen LogP contribution in [0.2, 0.25) is 0 Å². The summed E-state index contributed by atoms with van der Waals surface area (Å²) in [6, 6.07) is 9.88. The van der Waals surface area contributed by atoms with Crippen molar-refractivity contribution in [1.29, 1.82) is 0 Å². The molecular formula is C11H12OS. The summed E-state index contributed by atoms with van der Waals surface area (Å²) in [4.78, 5) is 10.8. The van der Waals surface area contributed by atoms with Gasteiger partial charge in [-0.05, 0) is 5.56 Å². The van der Waals surface area contributed by atoms with Gasteiger partial charge in [0.25, 0.3) is 0 Å². The molecule has 0 bridgehead atoms. The maximum absolute atomic E-state index is 10.8. The second-order valence-electron chi connectivity index (χ2n) is 2.90. The minimum Gasteiger partial charge on any atom is -0.287 e. The van der Waals surface area contributed by atoms with Gasteiger partial charge in [-0.3, -0.25) is 4.79 Å². The summed E-state index contributed by atoms with van der Waals surface area (Å²) in [6.07, 6.45) is 3.78. The summed E-state index contributed by atoms with van der Waals surface area (Å²) in [6.45, 7) is 1.83. The van der Waals surface area contributed by atoms with Crippen LogP contribution in [0.4, 0.5) is 0 Å². The summed E-state index contributed by atoms with van der Waals surface area (Å²) >= 11 is 3.75. The molecule has 0 spiro atoms. The molecule has 0 fully saturated rings. The molecule has 1 atom stereocenters. The van der Waals surface area contributed by atoms with Gasteiger partial charge in [0.1, 0.15) is 0 Å². The second kappa shape index (κ2) is 4.87. The standard InChI is InChI=1S/C11H12OS/c1-9(11(12)13)7-8-10-5-3-2-4-6-10/h2-9H,1H3,(H,12,13)/b8-7-. The van der Waals surface area contributed by atoms with Crippen molar-refractivity contribution in [2.24, 2.45) is 5.92 Å². The van der Waals surface area contributed by atoms with Crippen LogP contribution in [0.1, 0.15) is 12.5 Å². The number of carbonyl (C=O) groups excluding carboxylic acids is 1. The van der Waals surface area contributed by atoms with Crippen molar-refractivity contribution < 1.29 is 4.79 Å². The largest absolute Gasteiger partial charge is 0.287 e. The molecule has 0 heterocycles. The van der Waals surface area contributed by atoms with Gasteiger partial charge in [0, 0.05) is 5.92 Å². The molecule has 13 heavy (non-hydrogen) atoms. The Labute approximate surface area is 83.9 Å². The van der Waals surface area contributed by atoms with Crippen molar-refractivity contribution in [2.45, 2.75) is 6.92 Å². The van der Waals surface area contributed by atoms with E-state index in [2.05, 4.69) is 12.6 Å². The monoisotopic (exact) mass is 192 g/mol. The first-order chi connectivity index (χ1) is 6.20. The van der Waals surface area contributed by atoms with E-state index in [4.69, 9.17) is 0 Å². The van der Waals surface area contributed by atoms with E-state index in [9.17, 15) is 4.79 Å². The van der Waals surface area contributed by atoms with Crippen LogP contribution >= 0.6 is 12.6 Å². The fourth-order valence-electron chi connectivity index (χ4n) is 0.902. The van der Waals surface area contributed by atoms with Crippen LogP contribution in [-0.2, 0) is 4.79 Å². The highest BCUT2D eigenvalue weighted by Gasteiger charge is 2.02. The van der Waals surface area contributed by atoms with Crippen LogP contribution in [0.25, 0.3) is 6.08 Å². The summed E-state index contributed by atoms with van der Waals surface area (Å²) in [7, 11) is 0. The number of hydrogen-bond acceptors (Lipinski definition) is 1. The molecule has 68 valence electrons. The zero-order valence-electron chi connectivity index (χ0n) is 7.47. The molecule has 0 amide bonds. The van der Waals surface area contributed by atoms with Crippen LogP contribution in [0.3, 0.4) is 0 Å². The smallest absolute Gasteiger partial charge is 0.192 e. The van der Waals surface area contributed by atoms with E-state index < -0.39 is 0 Å². The van der Waals surface area contributed by atoms with Gasteiger partial charge in [0.15, 0.2) is 5.12 Å². The SMILES string of the molecule is CC(/C=C\c1ccccc1)C(=O)S. The summed E-state index contributed by atoms with van der Waals surface area (Å²) in [5.74, 6) is -0.122. The van der Waals surface area contributed by atoms with Crippen molar-refractivity contribution in [1.82, 2.24) is 0 Å². The average molecular weight is 192 g/mol. The third-order valence-corrected chi connectivity index (χ3v) is 2.17. The first-order valence-electron chi connectivity index (χ1n) is 4.16. The third kappa shape index (κ3) is 3.47. The molecule has 0 aliphatic carbocycles. The van der Waals surface area contributed by atoms with E-state index in [-0.39, 0.29) is 11.0 Å². The van der Waals surface area contributed by atoms with Crippen molar-refractivity contribution in [2.75, 3.05) is 0 Å². The predicted molar refractivity (Wildman–Crippen MR) is 58.6 cm³/mol.